The average Bonchev–Trinajstić information content (AvgIpc) is 2.42. The highest BCUT2D eigenvalue weighted by atomic mass is 79.9. The van der Waals surface area contributed by atoms with Gasteiger partial charge in [-0.15, -0.1) is 0 Å². The van der Waals surface area contributed by atoms with Crippen LogP contribution in [0.15, 0.2) is 39.3 Å². The first-order valence-corrected chi connectivity index (χ1v) is 7.87. The molecule has 0 aliphatic heterocycles. The van der Waals surface area contributed by atoms with Crippen LogP contribution in [0, 0.1) is 6.92 Å². The van der Waals surface area contributed by atoms with Crippen LogP contribution in [0.4, 0.5) is 0 Å². The highest BCUT2D eigenvalue weighted by Crippen LogP contribution is 2.37. The fraction of sp³-hybridized carbons (Fsp3) is 0.200. The molecule has 0 spiro atoms. The van der Waals surface area contributed by atoms with Gasteiger partial charge in [-0.3, -0.25) is 0 Å². The largest absolute Gasteiger partial charge is 0.496 e. The third-order valence-corrected chi connectivity index (χ3v) is 4.84. The Kier molecular flexibility index (Phi) is 5.13. The zero-order valence-electron chi connectivity index (χ0n) is 11.0. The van der Waals surface area contributed by atoms with E-state index in [4.69, 9.17) is 16.3 Å². The van der Waals surface area contributed by atoms with Crippen LogP contribution in [0.3, 0.4) is 0 Å². The van der Waals surface area contributed by atoms with Crippen LogP contribution in [0.25, 0.3) is 0 Å². The first kappa shape index (κ1) is 15.8. The zero-order chi connectivity index (χ0) is 14.9. The van der Waals surface area contributed by atoms with Gasteiger partial charge in [-0.2, -0.15) is 0 Å². The van der Waals surface area contributed by atoms with Gasteiger partial charge < -0.3 is 9.84 Å². The van der Waals surface area contributed by atoms with Crippen molar-refractivity contribution in [2.45, 2.75) is 13.0 Å². The fourth-order valence-corrected chi connectivity index (χ4v) is 3.15. The van der Waals surface area contributed by atoms with Gasteiger partial charge in [-0.05, 0) is 36.8 Å². The number of ether oxygens (including phenoxy) is 1. The lowest BCUT2D eigenvalue weighted by Gasteiger charge is -2.17. The van der Waals surface area contributed by atoms with Crippen LogP contribution < -0.4 is 4.74 Å². The Morgan fingerprint density at radius 3 is 2.45 bits per heavy atom. The van der Waals surface area contributed by atoms with E-state index >= 15 is 0 Å². The van der Waals surface area contributed by atoms with Crippen molar-refractivity contribution in [1.82, 2.24) is 0 Å². The van der Waals surface area contributed by atoms with Crippen LogP contribution in [-0.2, 0) is 0 Å². The van der Waals surface area contributed by atoms with E-state index in [0.29, 0.717) is 16.3 Å². The number of hydrogen-bond donors (Lipinski definition) is 1. The lowest BCUT2D eigenvalue weighted by atomic mass is 10.00. The number of benzene rings is 2. The van der Waals surface area contributed by atoms with Gasteiger partial charge in [0.2, 0.25) is 0 Å². The molecule has 2 aromatic rings. The number of rotatable bonds is 3. The average molecular weight is 421 g/mol. The van der Waals surface area contributed by atoms with E-state index in [1.54, 1.807) is 25.3 Å². The lowest BCUT2D eigenvalue weighted by molar-refractivity contribution is 0.214. The second kappa shape index (κ2) is 6.48. The maximum atomic E-state index is 10.6. The van der Waals surface area contributed by atoms with E-state index in [0.717, 1.165) is 20.1 Å². The number of aliphatic hydroxyl groups is 1. The summed E-state index contributed by atoms with van der Waals surface area (Å²) in [6.07, 6.45) is -0.798. The molecule has 0 aromatic heterocycles. The molecule has 0 aliphatic rings. The minimum absolute atomic E-state index is 0.564. The van der Waals surface area contributed by atoms with Gasteiger partial charge in [0.05, 0.1) is 7.11 Å². The number of aliphatic hydroxyl groups excluding tert-OH is 1. The minimum atomic E-state index is -0.798. The standard InChI is InChI=1S/C15H13Br2ClO2/c1-8-5-13(17)11(7-12(8)16)15(19)10-4-3-9(18)6-14(10)20-2/h3-7,15,19H,1-2H3. The van der Waals surface area contributed by atoms with E-state index in [1.807, 2.05) is 19.1 Å². The summed E-state index contributed by atoms with van der Waals surface area (Å²) in [5, 5.41) is 11.2. The Labute approximate surface area is 140 Å². The molecule has 2 nitrogen and oxygen atoms in total. The molecular weight excluding hydrogens is 407 g/mol. The fourth-order valence-electron chi connectivity index (χ4n) is 1.95. The summed E-state index contributed by atoms with van der Waals surface area (Å²) in [4.78, 5) is 0. The van der Waals surface area contributed by atoms with Crippen molar-refractivity contribution in [2.75, 3.05) is 7.11 Å². The van der Waals surface area contributed by atoms with Crippen molar-refractivity contribution >= 4 is 43.5 Å². The van der Waals surface area contributed by atoms with Crippen molar-refractivity contribution in [3.8, 4) is 5.75 Å². The molecule has 0 bridgehead atoms. The number of hydrogen-bond acceptors (Lipinski definition) is 2. The van der Waals surface area contributed by atoms with E-state index in [-0.39, 0.29) is 0 Å². The highest BCUT2D eigenvalue weighted by Gasteiger charge is 2.19. The van der Waals surface area contributed by atoms with Crippen LogP contribution in [0.5, 0.6) is 5.75 Å². The summed E-state index contributed by atoms with van der Waals surface area (Å²) < 4.78 is 7.09. The Morgan fingerprint density at radius 1 is 1.10 bits per heavy atom. The lowest BCUT2D eigenvalue weighted by Crippen LogP contribution is -2.04. The second-order valence-corrected chi connectivity index (χ2v) is 6.56. The minimum Gasteiger partial charge on any atom is -0.496 e. The molecule has 0 radical (unpaired) electrons. The predicted molar refractivity (Wildman–Crippen MR) is 88.6 cm³/mol. The maximum absolute atomic E-state index is 10.6. The Balaban J connectivity index is 2.51. The molecule has 1 unspecified atom stereocenters. The van der Waals surface area contributed by atoms with Gasteiger partial charge in [0, 0.05) is 25.1 Å². The molecule has 1 N–H and O–H groups in total. The molecular formula is C15H13Br2ClO2. The summed E-state index contributed by atoms with van der Waals surface area (Å²) >= 11 is 12.9. The molecule has 106 valence electrons. The summed E-state index contributed by atoms with van der Waals surface area (Å²) in [7, 11) is 1.56. The van der Waals surface area contributed by atoms with Crippen LogP contribution >= 0.6 is 43.5 Å². The number of halogens is 3. The van der Waals surface area contributed by atoms with Crippen molar-refractivity contribution in [3.05, 3.63) is 61.0 Å². The van der Waals surface area contributed by atoms with E-state index in [9.17, 15) is 5.11 Å². The van der Waals surface area contributed by atoms with Crippen LogP contribution in [0.1, 0.15) is 22.8 Å². The summed E-state index contributed by atoms with van der Waals surface area (Å²) in [6.45, 7) is 1.99. The maximum Gasteiger partial charge on any atom is 0.126 e. The summed E-state index contributed by atoms with van der Waals surface area (Å²) in [5.74, 6) is 0.564. The Hall–Kier alpha value is -0.550. The normalized spacial score (nSPS) is 12.3. The van der Waals surface area contributed by atoms with Gasteiger partial charge >= 0.3 is 0 Å². The van der Waals surface area contributed by atoms with Gasteiger partial charge in [-0.25, -0.2) is 0 Å². The van der Waals surface area contributed by atoms with Gasteiger partial charge in [-0.1, -0.05) is 49.5 Å². The SMILES string of the molecule is COc1cc(Cl)ccc1C(O)c1cc(Br)c(C)cc1Br. The molecule has 0 saturated heterocycles. The molecule has 0 amide bonds. The molecule has 0 fully saturated rings. The third-order valence-electron chi connectivity index (χ3n) is 3.06. The molecule has 0 aliphatic carbocycles. The van der Waals surface area contributed by atoms with Crippen molar-refractivity contribution in [1.29, 1.82) is 0 Å². The summed E-state index contributed by atoms with van der Waals surface area (Å²) in [6, 6.07) is 9.06. The summed E-state index contributed by atoms with van der Waals surface area (Å²) in [5.41, 5.74) is 2.53. The van der Waals surface area contributed by atoms with Gasteiger partial charge in [0.25, 0.3) is 0 Å². The third kappa shape index (κ3) is 3.19. The van der Waals surface area contributed by atoms with Gasteiger partial charge in [0.1, 0.15) is 11.9 Å². The molecule has 2 rings (SSSR count). The number of methoxy groups -OCH3 is 1. The second-order valence-electron chi connectivity index (χ2n) is 4.41. The first-order valence-electron chi connectivity index (χ1n) is 5.91. The number of aryl methyl sites for hydroxylation is 1. The Morgan fingerprint density at radius 2 is 1.80 bits per heavy atom. The van der Waals surface area contributed by atoms with Crippen molar-refractivity contribution in [3.63, 3.8) is 0 Å². The van der Waals surface area contributed by atoms with Crippen molar-refractivity contribution in [2.24, 2.45) is 0 Å². The predicted octanol–water partition coefficient (Wildman–Crippen LogP) is 5.26. The molecule has 0 saturated carbocycles. The quantitative estimate of drug-likeness (QED) is 0.734. The highest BCUT2D eigenvalue weighted by molar-refractivity contribution is 9.11. The molecule has 20 heavy (non-hydrogen) atoms. The van der Waals surface area contributed by atoms with Crippen molar-refractivity contribution < 1.29 is 9.84 Å². The van der Waals surface area contributed by atoms with E-state index in [1.165, 1.54) is 0 Å². The smallest absolute Gasteiger partial charge is 0.126 e. The monoisotopic (exact) mass is 418 g/mol. The van der Waals surface area contributed by atoms with Crippen LogP contribution in [0.2, 0.25) is 5.02 Å². The molecule has 1 atom stereocenters. The van der Waals surface area contributed by atoms with Gasteiger partial charge in [0.15, 0.2) is 0 Å². The van der Waals surface area contributed by atoms with Crippen LogP contribution in [-0.4, -0.2) is 12.2 Å². The zero-order valence-corrected chi connectivity index (χ0v) is 14.9. The van der Waals surface area contributed by atoms with E-state index in [2.05, 4.69) is 31.9 Å². The molecule has 5 heteroatoms. The molecule has 0 heterocycles. The Bertz CT molecular complexity index is 644. The first-order chi connectivity index (χ1) is 9.43. The van der Waals surface area contributed by atoms with E-state index < -0.39 is 6.10 Å². The topological polar surface area (TPSA) is 29.5 Å². The molecule has 2 aromatic carbocycles.